The number of hydrogen-bond donors (Lipinski definition) is 3. The van der Waals surface area contributed by atoms with Crippen molar-refractivity contribution < 1.29 is 13.2 Å². The van der Waals surface area contributed by atoms with Gasteiger partial charge in [0.05, 0.1) is 12.8 Å². The molecule has 0 saturated carbocycles. The maximum Gasteiger partial charge on any atom is 0.287 e. The summed E-state index contributed by atoms with van der Waals surface area (Å²) >= 11 is 0. The van der Waals surface area contributed by atoms with Gasteiger partial charge in [0.2, 0.25) is 5.96 Å². The van der Waals surface area contributed by atoms with Crippen LogP contribution >= 0.6 is 0 Å². The molecule has 1 aromatic rings. The summed E-state index contributed by atoms with van der Waals surface area (Å²) in [7, 11) is -2.51. The number of sulfonamides is 1. The van der Waals surface area contributed by atoms with Gasteiger partial charge in [-0.1, -0.05) is 0 Å². The van der Waals surface area contributed by atoms with E-state index in [2.05, 4.69) is 4.40 Å². The Morgan fingerprint density at radius 3 is 2.44 bits per heavy atom. The highest BCUT2D eigenvalue weighted by Crippen LogP contribution is 2.24. The zero-order valence-corrected chi connectivity index (χ0v) is 9.36. The van der Waals surface area contributed by atoms with Crippen LogP contribution in [0.4, 0.5) is 5.69 Å². The van der Waals surface area contributed by atoms with E-state index in [4.69, 9.17) is 21.9 Å². The number of benzene rings is 1. The van der Waals surface area contributed by atoms with Crippen LogP contribution < -0.4 is 21.9 Å². The molecule has 0 aliphatic heterocycles. The molecule has 0 aliphatic carbocycles. The van der Waals surface area contributed by atoms with Crippen LogP contribution in [-0.2, 0) is 10.0 Å². The van der Waals surface area contributed by atoms with E-state index in [1.54, 1.807) is 0 Å². The Balaban J connectivity index is 3.30. The van der Waals surface area contributed by atoms with Crippen LogP contribution in [0.25, 0.3) is 0 Å². The van der Waals surface area contributed by atoms with Crippen molar-refractivity contribution in [3.8, 4) is 5.75 Å². The van der Waals surface area contributed by atoms with Gasteiger partial charge in [-0.15, -0.1) is 4.40 Å². The van der Waals surface area contributed by atoms with Crippen LogP contribution in [0.3, 0.4) is 0 Å². The number of rotatable bonds is 3. The monoisotopic (exact) mass is 244 g/mol. The van der Waals surface area contributed by atoms with Gasteiger partial charge in [0, 0.05) is 6.07 Å². The van der Waals surface area contributed by atoms with Crippen molar-refractivity contribution in [2.45, 2.75) is 4.90 Å². The minimum Gasteiger partial charge on any atom is -0.497 e. The van der Waals surface area contributed by atoms with Crippen LogP contribution in [0.2, 0.25) is 0 Å². The fourth-order valence-corrected chi connectivity index (χ4v) is 2.05. The standard InChI is InChI=1S/C8H12N4O3S/c1-15-5-2-3-7(6(9)4-5)16(13,14)12-8(10)11/h2-4H,9H2,1H3,(H4,10,11,12). The fraction of sp³-hybridized carbons (Fsp3) is 0.125. The lowest BCUT2D eigenvalue weighted by Crippen LogP contribution is -2.24. The smallest absolute Gasteiger partial charge is 0.287 e. The quantitative estimate of drug-likeness (QED) is 0.363. The van der Waals surface area contributed by atoms with Crippen molar-refractivity contribution >= 4 is 21.7 Å². The summed E-state index contributed by atoms with van der Waals surface area (Å²) in [5.74, 6) is -0.101. The minimum atomic E-state index is -3.96. The Morgan fingerprint density at radius 2 is 2.00 bits per heavy atom. The first-order valence-corrected chi connectivity index (χ1v) is 5.60. The molecule has 0 unspecified atom stereocenters. The molecule has 8 heteroatoms. The summed E-state index contributed by atoms with van der Waals surface area (Å²) in [5, 5.41) is 0. The SMILES string of the molecule is COc1ccc(S(=O)(=O)N=C(N)N)c(N)c1. The van der Waals surface area contributed by atoms with Gasteiger partial charge in [0.15, 0.2) is 0 Å². The van der Waals surface area contributed by atoms with E-state index in [1.807, 2.05) is 0 Å². The van der Waals surface area contributed by atoms with E-state index in [0.717, 1.165) is 0 Å². The number of nitrogens with two attached hydrogens (primary N) is 3. The van der Waals surface area contributed by atoms with Gasteiger partial charge in [0.25, 0.3) is 10.0 Å². The highest BCUT2D eigenvalue weighted by atomic mass is 32.2. The molecular weight excluding hydrogens is 232 g/mol. The van der Waals surface area contributed by atoms with Crippen molar-refractivity contribution in [3.05, 3.63) is 18.2 Å². The van der Waals surface area contributed by atoms with E-state index in [1.165, 1.54) is 25.3 Å². The van der Waals surface area contributed by atoms with Crippen molar-refractivity contribution in [2.24, 2.45) is 15.9 Å². The Labute approximate surface area is 93.0 Å². The summed E-state index contributed by atoms with van der Waals surface area (Å²) in [6, 6.07) is 4.09. The van der Waals surface area contributed by atoms with E-state index < -0.39 is 16.0 Å². The van der Waals surface area contributed by atoms with E-state index in [0.29, 0.717) is 5.75 Å². The third-order valence-corrected chi connectivity index (χ3v) is 3.10. The molecule has 0 amide bonds. The summed E-state index contributed by atoms with van der Waals surface area (Å²) in [4.78, 5) is -0.165. The van der Waals surface area contributed by atoms with Crippen LogP contribution in [-0.4, -0.2) is 21.5 Å². The second-order valence-electron chi connectivity index (χ2n) is 2.89. The topological polar surface area (TPSA) is 134 Å². The van der Waals surface area contributed by atoms with Crippen molar-refractivity contribution in [1.82, 2.24) is 0 Å². The number of anilines is 1. The van der Waals surface area contributed by atoms with Gasteiger partial charge in [-0.2, -0.15) is 8.42 Å². The molecule has 0 bridgehead atoms. The number of methoxy groups -OCH3 is 1. The van der Waals surface area contributed by atoms with Crippen LogP contribution in [0.15, 0.2) is 27.5 Å². The molecule has 0 aromatic heterocycles. The second-order valence-corrected chi connectivity index (χ2v) is 4.47. The highest BCUT2D eigenvalue weighted by molar-refractivity contribution is 7.90. The number of ether oxygens (including phenoxy) is 1. The molecular formula is C8H12N4O3S. The van der Waals surface area contributed by atoms with Gasteiger partial charge >= 0.3 is 0 Å². The molecule has 0 fully saturated rings. The average molecular weight is 244 g/mol. The predicted octanol–water partition coefficient (Wildman–Crippen LogP) is -0.760. The molecule has 7 nitrogen and oxygen atoms in total. The molecule has 0 atom stereocenters. The van der Waals surface area contributed by atoms with Crippen molar-refractivity contribution in [1.29, 1.82) is 0 Å². The van der Waals surface area contributed by atoms with Gasteiger partial charge in [-0.3, -0.25) is 0 Å². The molecule has 16 heavy (non-hydrogen) atoms. The third kappa shape index (κ3) is 2.54. The summed E-state index contributed by atoms with van der Waals surface area (Å²) in [5.41, 5.74) is 15.6. The normalized spacial score (nSPS) is 10.8. The van der Waals surface area contributed by atoms with E-state index in [-0.39, 0.29) is 10.6 Å². The zero-order valence-electron chi connectivity index (χ0n) is 8.54. The van der Waals surface area contributed by atoms with Gasteiger partial charge in [-0.05, 0) is 12.1 Å². The summed E-state index contributed by atoms with van der Waals surface area (Å²) in [6.07, 6.45) is 0. The Bertz CT molecular complexity index is 520. The largest absolute Gasteiger partial charge is 0.497 e. The molecule has 88 valence electrons. The molecule has 1 rings (SSSR count). The minimum absolute atomic E-state index is 0.0179. The lowest BCUT2D eigenvalue weighted by atomic mass is 10.3. The van der Waals surface area contributed by atoms with Gasteiger partial charge in [-0.25, -0.2) is 0 Å². The maximum atomic E-state index is 11.6. The third-order valence-electron chi connectivity index (χ3n) is 1.72. The first kappa shape index (κ1) is 12.1. The maximum absolute atomic E-state index is 11.6. The van der Waals surface area contributed by atoms with Gasteiger partial charge < -0.3 is 21.9 Å². The Kier molecular flexibility index (Phi) is 3.23. The van der Waals surface area contributed by atoms with E-state index >= 15 is 0 Å². The number of nitrogens with zero attached hydrogens (tertiary/aromatic N) is 1. The second kappa shape index (κ2) is 4.27. The fourth-order valence-electron chi connectivity index (χ4n) is 1.08. The zero-order chi connectivity index (χ0) is 12.3. The Morgan fingerprint density at radius 1 is 1.38 bits per heavy atom. The van der Waals surface area contributed by atoms with E-state index in [9.17, 15) is 8.42 Å². The lowest BCUT2D eigenvalue weighted by Gasteiger charge is -2.05. The Hall–Kier alpha value is -1.96. The summed E-state index contributed by atoms with van der Waals surface area (Å²) < 4.78 is 31.2. The number of nitrogen functional groups attached to an aromatic ring is 1. The summed E-state index contributed by atoms with van der Waals surface area (Å²) in [6.45, 7) is 0. The first-order chi connectivity index (χ1) is 7.36. The lowest BCUT2D eigenvalue weighted by molar-refractivity contribution is 0.414. The predicted molar refractivity (Wildman–Crippen MR) is 60.4 cm³/mol. The van der Waals surface area contributed by atoms with Crippen LogP contribution in [0.1, 0.15) is 0 Å². The average Bonchev–Trinajstić information content (AvgIpc) is 2.14. The molecule has 0 heterocycles. The van der Waals surface area contributed by atoms with Crippen molar-refractivity contribution in [3.63, 3.8) is 0 Å². The number of hydrogen-bond acceptors (Lipinski definition) is 4. The van der Waals surface area contributed by atoms with Crippen LogP contribution in [0, 0.1) is 0 Å². The molecule has 1 aromatic carbocycles. The molecule has 6 N–H and O–H groups in total. The molecule has 0 radical (unpaired) electrons. The van der Waals surface area contributed by atoms with Crippen LogP contribution in [0.5, 0.6) is 5.75 Å². The highest BCUT2D eigenvalue weighted by Gasteiger charge is 2.17. The van der Waals surface area contributed by atoms with Crippen molar-refractivity contribution in [2.75, 3.05) is 12.8 Å². The molecule has 0 saturated heterocycles. The molecule has 0 spiro atoms. The first-order valence-electron chi connectivity index (χ1n) is 4.16. The van der Waals surface area contributed by atoms with Gasteiger partial charge in [0.1, 0.15) is 10.6 Å². The molecule has 0 aliphatic rings. The number of guanidine groups is 1.